The van der Waals surface area contributed by atoms with Crippen molar-refractivity contribution in [1.29, 1.82) is 0 Å². The standard InChI is InChI=1S/C20H18FN3O4S/c21-18-6-5-14(11-17(18)19(25)23-7-9-29(27,28)10-8-23)13-24-20(26)16-4-2-1-3-15(16)12-22-24/h1-6,11-12H,7-10,13H2. The fourth-order valence-electron chi connectivity index (χ4n) is 3.33. The minimum Gasteiger partial charge on any atom is -0.337 e. The van der Waals surface area contributed by atoms with Crippen molar-refractivity contribution in [2.24, 2.45) is 0 Å². The lowest BCUT2D eigenvalue weighted by atomic mass is 10.1. The summed E-state index contributed by atoms with van der Waals surface area (Å²) in [6.07, 6.45) is 1.58. The molecule has 0 atom stereocenters. The maximum atomic E-state index is 14.3. The van der Waals surface area contributed by atoms with Gasteiger partial charge in [0.25, 0.3) is 11.5 Å². The highest BCUT2D eigenvalue weighted by atomic mass is 32.2. The van der Waals surface area contributed by atoms with Gasteiger partial charge < -0.3 is 4.90 Å². The van der Waals surface area contributed by atoms with E-state index in [1.165, 1.54) is 27.8 Å². The lowest BCUT2D eigenvalue weighted by Crippen LogP contribution is -2.44. The summed E-state index contributed by atoms with van der Waals surface area (Å²) < 4.78 is 38.7. The number of carbonyl (C=O) groups excluding carboxylic acids is 1. The van der Waals surface area contributed by atoms with E-state index in [4.69, 9.17) is 0 Å². The summed E-state index contributed by atoms with van der Waals surface area (Å²) >= 11 is 0. The van der Waals surface area contributed by atoms with Crippen molar-refractivity contribution < 1.29 is 17.6 Å². The van der Waals surface area contributed by atoms with Gasteiger partial charge in [-0.15, -0.1) is 0 Å². The molecule has 0 saturated carbocycles. The van der Waals surface area contributed by atoms with E-state index in [2.05, 4.69) is 5.10 Å². The highest BCUT2D eigenvalue weighted by Crippen LogP contribution is 2.16. The predicted octanol–water partition coefficient (Wildman–Crippen LogP) is 1.45. The average Bonchev–Trinajstić information content (AvgIpc) is 2.71. The van der Waals surface area contributed by atoms with E-state index in [1.807, 2.05) is 6.07 Å². The molecule has 0 spiro atoms. The highest BCUT2D eigenvalue weighted by Gasteiger charge is 2.27. The Balaban J connectivity index is 1.61. The molecule has 29 heavy (non-hydrogen) atoms. The molecule has 1 fully saturated rings. The zero-order chi connectivity index (χ0) is 20.6. The lowest BCUT2D eigenvalue weighted by molar-refractivity contribution is 0.0765. The first-order valence-corrected chi connectivity index (χ1v) is 10.9. The molecule has 1 aliphatic rings. The van der Waals surface area contributed by atoms with Crippen LogP contribution in [0.25, 0.3) is 10.8 Å². The van der Waals surface area contributed by atoms with Crippen LogP contribution in [0.3, 0.4) is 0 Å². The highest BCUT2D eigenvalue weighted by molar-refractivity contribution is 7.91. The van der Waals surface area contributed by atoms with Crippen LogP contribution < -0.4 is 5.56 Å². The number of hydrogen-bond acceptors (Lipinski definition) is 5. The molecule has 1 amide bonds. The van der Waals surface area contributed by atoms with Crippen LogP contribution in [0.4, 0.5) is 4.39 Å². The summed E-state index contributed by atoms with van der Waals surface area (Å²) in [5.74, 6) is -1.50. The number of sulfone groups is 1. The van der Waals surface area contributed by atoms with Crippen LogP contribution in [0.5, 0.6) is 0 Å². The number of benzene rings is 2. The molecule has 1 saturated heterocycles. The molecule has 0 radical (unpaired) electrons. The number of rotatable bonds is 3. The van der Waals surface area contributed by atoms with E-state index in [-0.39, 0.29) is 42.3 Å². The van der Waals surface area contributed by atoms with Gasteiger partial charge in [-0.05, 0) is 23.8 Å². The van der Waals surface area contributed by atoms with E-state index in [0.29, 0.717) is 10.9 Å². The second-order valence-electron chi connectivity index (χ2n) is 6.95. The summed E-state index contributed by atoms with van der Waals surface area (Å²) in [7, 11) is -3.15. The van der Waals surface area contributed by atoms with Crippen LogP contribution in [-0.4, -0.2) is 53.6 Å². The Bertz CT molecular complexity index is 1260. The maximum Gasteiger partial charge on any atom is 0.274 e. The molecule has 0 N–H and O–H groups in total. The van der Waals surface area contributed by atoms with E-state index >= 15 is 0 Å². The minimum absolute atomic E-state index is 0.0382. The number of amides is 1. The molecule has 2 aromatic carbocycles. The molecule has 9 heteroatoms. The molecule has 1 aliphatic heterocycles. The second kappa shape index (κ2) is 7.40. The van der Waals surface area contributed by atoms with Crippen molar-refractivity contribution >= 4 is 26.5 Å². The van der Waals surface area contributed by atoms with E-state index in [0.717, 1.165) is 5.39 Å². The van der Waals surface area contributed by atoms with Gasteiger partial charge in [-0.25, -0.2) is 17.5 Å². The van der Waals surface area contributed by atoms with E-state index in [1.54, 1.807) is 24.4 Å². The van der Waals surface area contributed by atoms with Crippen LogP contribution in [0.2, 0.25) is 0 Å². The Kier molecular flexibility index (Phi) is 4.91. The SMILES string of the molecule is O=C(c1cc(Cn2ncc3ccccc3c2=O)ccc1F)N1CCS(=O)(=O)CC1. The van der Waals surface area contributed by atoms with Crippen LogP contribution >= 0.6 is 0 Å². The normalized spacial score (nSPS) is 16.1. The number of aromatic nitrogens is 2. The smallest absolute Gasteiger partial charge is 0.274 e. The number of carbonyl (C=O) groups is 1. The molecular formula is C20H18FN3O4S. The molecule has 7 nitrogen and oxygen atoms in total. The summed E-state index contributed by atoms with van der Waals surface area (Å²) in [5, 5.41) is 5.40. The molecule has 3 aromatic rings. The average molecular weight is 415 g/mol. The van der Waals surface area contributed by atoms with Gasteiger partial charge in [0.05, 0.1) is 35.2 Å². The van der Waals surface area contributed by atoms with Gasteiger partial charge in [0.2, 0.25) is 0 Å². The molecule has 2 heterocycles. The van der Waals surface area contributed by atoms with Crippen molar-refractivity contribution in [3.63, 3.8) is 0 Å². The molecule has 0 aliphatic carbocycles. The van der Waals surface area contributed by atoms with Crippen LogP contribution in [0.1, 0.15) is 15.9 Å². The predicted molar refractivity (Wildman–Crippen MR) is 106 cm³/mol. The molecule has 0 unspecified atom stereocenters. The Labute approximate surface area is 166 Å². The summed E-state index contributed by atoms with van der Waals surface area (Å²) in [6, 6.07) is 11.1. The van der Waals surface area contributed by atoms with E-state index in [9.17, 15) is 22.4 Å². The van der Waals surface area contributed by atoms with Gasteiger partial charge >= 0.3 is 0 Å². The van der Waals surface area contributed by atoms with E-state index < -0.39 is 21.6 Å². The van der Waals surface area contributed by atoms with Gasteiger partial charge in [0.1, 0.15) is 5.82 Å². The van der Waals surface area contributed by atoms with Crippen LogP contribution in [0, 0.1) is 5.82 Å². The van der Waals surface area contributed by atoms with Crippen molar-refractivity contribution in [2.75, 3.05) is 24.6 Å². The van der Waals surface area contributed by atoms with Crippen molar-refractivity contribution in [3.05, 3.63) is 76.0 Å². The number of halogens is 1. The first-order chi connectivity index (χ1) is 13.8. The van der Waals surface area contributed by atoms with Crippen molar-refractivity contribution in [1.82, 2.24) is 14.7 Å². The number of hydrogen-bond donors (Lipinski definition) is 0. The largest absolute Gasteiger partial charge is 0.337 e. The van der Waals surface area contributed by atoms with Crippen LogP contribution in [-0.2, 0) is 16.4 Å². The molecule has 150 valence electrons. The number of fused-ring (bicyclic) bond motifs is 1. The second-order valence-corrected chi connectivity index (χ2v) is 9.26. The molecule has 1 aromatic heterocycles. The van der Waals surface area contributed by atoms with Crippen molar-refractivity contribution in [3.8, 4) is 0 Å². The maximum absolute atomic E-state index is 14.3. The van der Waals surface area contributed by atoms with Gasteiger partial charge in [-0.3, -0.25) is 9.59 Å². The summed E-state index contributed by atoms with van der Waals surface area (Å²) in [6.45, 7) is 0.158. The fraction of sp³-hybridized carbons (Fsp3) is 0.250. The Morgan fingerprint density at radius 1 is 1.10 bits per heavy atom. The Morgan fingerprint density at radius 2 is 1.83 bits per heavy atom. The molecular weight excluding hydrogens is 397 g/mol. The third-order valence-electron chi connectivity index (χ3n) is 4.99. The van der Waals surface area contributed by atoms with Gasteiger partial charge in [0, 0.05) is 18.5 Å². The monoisotopic (exact) mass is 415 g/mol. The zero-order valence-electron chi connectivity index (χ0n) is 15.4. The van der Waals surface area contributed by atoms with Crippen molar-refractivity contribution in [2.45, 2.75) is 6.54 Å². The molecule has 4 rings (SSSR count). The molecule has 0 bridgehead atoms. The minimum atomic E-state index is -3.15. The van der Waals surface area contributed by atoms with Gasteiger partial charge in [-0.1, -0.05) is 24.3 Å². The Morgan fingerprint density at radius 3 is 2.59 bits per heavy atom. The quantitative estimate of drug-likeness (QED) is 0.646. The van der Waals surface area contributed by atoms with Crippen LogP contribution in [0.15, 0.2) is 53.5 Å². The zero-order valence-corrected chi connectivity index (χ0v) is 16.2. The summed E-state index contributed by atoms with van der Waals surface area (Å²) in [4.78, 5) is 26.6. The Hall–Kier alpha value is -3.07. The van der Waals surface area contributed by atoms with Gasteiger partial charge in [0.15, 0.2) is 9.84 Å². The number of nitrogens with zero attached hydrogens (tertiary/aromatic N) is 3. The third kappa shape index (κ3) is 3.91. The third-order valence-corrected chi connectivity index (χ3v) is 6.60. The summed E-state index contributed by atoms with van der Waals surface area (Å²) in [5.41, 5.74) is 0.126. The first-order valence-electron chi connectivity index (χ1n) is 9.07. The first kappa shape index (κ1) is 19.3. The lowest BCUT2D eigenvalue weighted by Gasteiger charge is -2.27. The van der Waals surface area contributed by atoms with Gasteiger partial charge in [-0.2, -0.15) is 5.10 Å². The topological polar surface area (TPSA) is 89.3 Å². The fourth-order valence-corrected chi connectivity index (χ4v) is 4.54.